The summed E-state index contributed by atoms with van der Waals surface area (Å²) in [7, 11) is 0. The van der Waals surface area contributed by atoms with Crippen LogP contribution in [0.2, 0.25) is 0 Å². The molecule has 4 N–H and O–H groups in total. The number of rotatable bonds is 6. The number of hydrogen-bond donors (Lipinski definition) is 4. The van der Waals surface area contributed by atoms with E-state index in [1.54, 1.807) is 11.8 Å². The largest absolute Gasteiger partial charge is 0.480 e. The molecule has 3 unspecified atom stereocenters. The number of carbonyl (C=O) groups excluding carboxylic acids is 1. The van der Waals surface area contributed by atoms with Gasteiger partial charge in [0.25, 0.3) is 0 Å². The zero-order chi connectivity index (χ0) is 13.5. The zero-order valence-corrected chi connectivity index (χ0v) is 11.2. The van der Waals surface area contributed by atoms with Crippen molar-refractivity contribution in [2.45, 2.75) is 43.0 Å². The number of carboxylic acids is 1. The molecule has 1 saturated carbocycles. The molecule has 7 heteroatoms. The second-order valence-corrected chi connectivity index (χ2v) is 5.53. The van der Waals surface area contributed by atoms with Crippen molar-refractivity contribution in [3.63, 3.8) is 0 Å². The van der Waals surface area contributed by atoms with Crippen molar-refractivity contribution in [1.82, 2.24) is 10.6 Å². The molecule has 1 fully saturated rings. The topological polar surface area (TPSA) is 98.7 Å². The van der Waals surface area contributed by atoms with Crippen LogP contribution in [0.3, 0.4) is 0 Å². The van der Waals surface area contributed by atoms with Crippen molar-refractivity contribution in [1.29, 1.82) is 0 Å². The van der Waals surface area contributed by atoms with Crippen molar-refractivity contribution in [3.05, 3.63) is 0 Å². The van der Waals surface area contributed by atoms with Crippen LogP contribution in [0.4, 0.5) is 4.79 Å². The molecule has 0 aromatic rings. The Balaban J connectivity index is 2.34. The first kappa shape index (κ1) is 15.1. The van der Waals surface area contributed by atoms with Crippen LogP contribution in [-0.2, 0) is 4.79 Å². The summed E-state index contributed by atoms with van der Waals surface area (Å²) in [6.07, 6.45) is 4.99. The highest BCUT2D eigenvalue weighted by molar-refractivity contribution is 7.99. The van der Waals surface area contributed by atoms with Crippen molar-refractivity contribution < 1.29 is 19.8 Å². The Kier molecular flexibility index (Phi) is 6.28. The maximum atomic E-state index is 11.6. The van der Waals surface area contributed by atoms with E-state index in [0.717, 1.165) is 19.3 Å². The van der Waals surface area contributed by atoms with Crippen molar-refractivity contribution >= 4 is 23.8 Å². The number of aliphatic hydroxyl groups is 1. The van der Waals surface area contributed by atoms with Gasteiger partial charge in [0.2, 0.25) is 0 Å². The minimum absolute atomic E-state index is 0.0147. The second kappa shape index (κ2) is 7.48. The van der Waals surface area contributed by atoms with E-state index in [2.05, 4.69) is 16.9 Å². The number of thioether (sulfide) groups is 1. The first-order chi connectivity index (χ1) is 8.56. The molecule has 0 spiro atoms. The molecule has 1 aliphatic rings. The molecular formula is C11H20N2O4S. The first-order valence-corrected chi connectivity index (χ1v) is 7.29. The highest BCUT2D eigenvalue weighted by atomic mass is 32.2. The summed E-state index contributed by atoms with van der Waals surface area (Å²) in [5, 5.41) is 23.3. The molecular weight excluding hydrogens is 256 g/mol. The number of hydrogen-bond acceptors (Lipinski definition) is 4. The average Bonchev–Trinajstić information content (AvgIpc) is 2.76. The van der Waals surface area contributed by atoms with E-state index in [4.69, 9.17) is 10.2 Å². The third-order valence-electron chi connectivity index (χ3n) is 3.07. The Morgan fingerprint density at radius 1 is 1.44 bits per heavy atom. The van der Waals surface area contributed by atoms with Crippen LogP contribution in [0.5, 0.6) is 0 Å². The lowest BCUT2D eigenvalue weighted by molar-refractivity contribution is -0.139. The number of aliphatic hydroxyl groups excluding tert-OH is 1. The summed E-state index contributed by atoms with van der Waals surface area (Å²) in [5.74, 6) is -1.13. The number of nitrogens with one attached hydrogen (secondary N) is 2. The average molecular weight is 276 g/mol. The molecule has 0 aromatic heterocycles. The van der Waals surface area contributed by atoms with Gasteiger partial charge in [0.05, 0.1) is 0 Å². The number of urea groups is 1. The maximum Gasteiger partial charge on any atom is 0.326 e. The third-order valence-corrected chi connectivity index (χ3v) is 4.17. The lowest BCUT2D eigenvalue weighted by Crippen LogP contribution is -2.48. The number of amides is 2. The smallest absolute Gasteiger partial charge is 0.326 e. The lowest BCUT2D eigenvalue weighted by atomic mass is 10.2. The van der Waals surface area contributed by atoms with Gasteiger partial charge >= 0.3 is 12.0 Å². The third kappa shape index (κ3) is 4.73. The standard InChI is InChI=1S/C11H20N2O4S/c1-18-8-3-2-7(6-8)12-11(17)13-9(4-5-14)10(15)16/h7-9,14H,2-6H2,1H3,(H,15,16)(H2,12,13,17). The lowest BCUT2D eigenvalue weighted by Gasteiger charge is -2.17. The zero-order valence-electron chi connectivity index (χ0n) is 10.4. The normalized spacial score (nSPS) is 24.6. The van der Waals surface area contributed by atoms with Crippen molar-refractivity contribution in [2.24, 2.45) is 0 Å². The van der Waals surface area contributed by atoms with Gasteiger partial charge in [-0.25, -0.2) is 9.59 Å². The number of carbonyl (C=O) groups is 2. The Morgan fingerprint density at radius 3 is 2.67 bits per heavy atom. The van der Waals surface area contributed by atoms with E-state index >= 15 is 0 Å². The van der Waals surface area contributed by atoms with Crippen molar-refractivity contribution in [2.75, 3.05) is 12.9 Å². The first-order valence-electron chi connectivity index (χ1n) is 6.00. The van der Waals surface area contributed by atoms with Crippen LogP contribution in [0.1, 0.15) is 25.7 Å². The van der Waals surface area contributed by atoms with Crippen LogP contribution in [0, 0.1) is 0 Å². The fraction of sp³-hybridized carbons (Fsp3) is 0.818. The monoisotopic (exact) mass is 276 g/mol. The fourth-order valence-electron chi connectivity index (χ4n) is 2.06. The molecule has 1 rings (SSSR count). The van der Waals surface area contributed by atoms with E-state index in [0.29, 0.717) is 5.25 Å². The number of aliphatic carboxylic acids is 1. The Morgan fingerprint density at radius 2 is 2.17 bits per heavy atom. The highest BCUT2D eigenvalue weighted by Crippen LogP contribution is 2.27. The van der Waals surface area contributed by atoms with Gasteiger partial charge in [-0.3, -0.25) is 0 Å². The quantitative estimate of drug-likeness (QED) is 0.563. The Labute approximate surface area is 111 Å². The predicted molar refractivity (Wildman–Crippen MR) is 69.7 cm³/mol. The molecule has 0 heterocycles. The summed E-state index contributed by atoms with van der Waals surface area (Å²) in [6, 6.07) is -1.39. The summed E-state index contributed by atoms with van der Waals surface area (Å²) in [6.45, 7) is -0.269. The van der Waals surface area contributed by atoms with E-state index in [1.807, 2.05) is 0 Å². The SMILES string of the molecule is CSC1CCC(NC(=O)NC(CCO)C(=O)O)C1. The highest BCUT2D eigenvalue weighted by Gasteiger charge is 2.26. The molecule has 104 valence electrons. The molecule has 0 aliphatic heterocycles. The van der Waals surface area contributed by atoms with Crippen LogP contribution in [0.25, 0.3) is 0 Å². The van der Waals surface area contributed by atoms with Crippen molar-refractivity contribution in [3.8, 4) is 0 Å². The maximum absolute atomic E-state index is 11.6. The minimum atomic E-state index is -1.13. The molecule has 2 amide bonds. The van der Waals surface area contributed by atoms with Gasteiger partial charge in [-0.2, -0.15) is 11.8 Å². The molecule has 3 atom stereocenters. The van der Waals surface area contributed by atoms with Gasteiger partial charge in [0.1, 0.15) is 6.04 Å². The molecule has 0 bridgehead atoms. The molecule has 1 aliphatic carbocycles. The molecule has 0 saturated heterocycles. The van der Waals surface area contributed by atoms with Crippen LogP contribution < -0.4 is 10.6 Å². The summed E-state index contributed by atoms with van der Waals surface area (Å²) in [4.78, 5) is 22.4. The fourth-order valence-corrected chi connectivity index (χ4v) is 2.85. The minimum Gasteiger partial charge on any atom is -0.480 e. The predicted octanol–water partition coefficient (Wildman–Crippen LogP) is 0.405. The van der Waals surface area contributed by atoms with Gasteiger partial charge in [-0.1, -0.05) is 0 Å². The van der Waals surface area contributed by atoms with Crippen LogP contribution in [-0.4, -0.2) is 52.4 Å². The second-order valence-electron chi connectivity index (χ2n) is 4.39. The van der Waals surface area contributed by atoms with Gasteiger partial charge < -0.3 is 20.8 Å². The van der Waals surface area contributed by atoms with E-state index in [9.17, 15) is 9.59 Å². The molecule has 0 radical (unpaired) electrons. The van der Waals surface area contributed by atoms with Gasteiger partial charge in [0.15, 0.2) is 0 Å². The Bertz CT molecular complexity index is 301. The molecule has 18 heavy (non-hydrogen) atoms. The van der Waals surface area contributed by atoms with Crippen LogP contribution in [0.15, 0.2) is 0 Å². The van der Waals surface area contributed by atoms with Gasteiger partial charge in [-0.15, -0.1) is 0 Å². The summed E-state index contributed by atoms with van der Waals surface area (Å²) >= 11 is 1.79. The van der Waals surface area contributed by atoms with E-state index in [1.165, 1.54) is 0 Å². The molecule has 6 nitrogen and oxygen atoms in total. The van der Waals surface area contributed by atoms with E-state index < -0.39 is 18.0 Å². The van der Waals surface area contributed by atoms with E-state index in [-0.39, 0.29) is 19.1 Å². The molecule has 0 aromatic carbocycles. The van der Waals surface area contributed by atoms with Gasteiger partial charge in [0, 0.05) is 24.3 Å². The van der Waals surface area contributed by atoms with Crippen LogP contribution >= 0.6 is 11.8 Å². The summed E-state index contributed by atoms with van der Waals surface area (Å²) in [5.41, 5.74) is 0. The summed E-state index contributed by atoms with van der Waals surface area (Å²) < 4.78 is 0. The van der Waals surface area contributed by atoms with Gasteiger partial charge in [-0.05, 0) is 25.5 Å². The Hall–Kier alpha value is -0.950. The number of carboxylic acid groups (broad SMARTS) is 1.